The van der Waals surface area contributed by atoms with Crippen LogP contribution >= 0.6 is 0 Å². The van der Waals surface area contributed by atoms with E-state index >= 15 is 0 Å². The summed E-state index contributed by atoms with van der Waals surface area (Å²) in [7, 11) is 0. The van der Waals surface area contributed by atoms with E-state index in [1.165, 1.54) is 0 Å². The van der Waals surface area contributed by atoms with E-state index < -0.39 is 0 Å². The van der Waals surface area contributed by atoms with Crippen molar-refractivity contribution in [3.63, 3.8) is 0 Å². The molecule has 0 fully saturated rings. The number of hydrogen-bond donors (Lipinski definition) is 0. The predicted octanol–water partition coefficient (Wildman–Crippen LogP) is 1.43. The fourth-order valence-corrected chi connectivity index (χ4v) is 0.918. The minimum absolute atomic E-state index is 0.160. The number of aryl methyl sites for hydroxylation is 1. The third kappa shape index (κ3) is 2.00. The Hall–Kier alpha value is -0.920. The first-order valence-electron chi connectivity index (χ1n) is 3.84. The fraction of sp³-hybridized carbons (Fsp3) is 0.556. The molecule has 1 aromatic heterocycles. The monoisotopic (exact) mass is 151 g/mol. The Kier molecular flexibility index (Phi) is 1.94. The molecule has 0 amide bonds. The first-order chi connectivity index (χ1) is 5.00. The van der Waals surface area contributed by atoms with Gasteiger partial charge < -0.3 is 0 Å². The largest absolute Gasteiger partial charge is 0.249 e. The van der Waals surface area contributed by atoms with Gasteiger partial charge in [-0.3, -0.25) is 0 Å². The van der Waals surface area contributed by atoms with Gasteiger partial charge in [0.05, 0.1) is 6.20 Å². The lowest BCUT2D eigenvalue weighted by molar-refractivity contribution is -0.754. The Balaban J connectivity index is 3.06. The Bertz CT molecular complexity index is 248. The summed E-state index contributed by atoms with van der Waals surface area (Å²) in [6.45, 7) is 8.52. The normalized spacial score (nSPS) is 11.6. The van der Waals surface area contributed by atoms with Gasteiger partial charge in [-0.25, -0.2) is 4.98 Å². The molecule has 0 unspecified atom stereocenters. The van der Waals surface area contributed by atoms with Gasteiger partial charge in [-0.15, -0.1) is 0 Å². The molecule has 0 radical (unpaired) electrons. The van der Waals surface area contributed by atoms with Crippen LogP contribution in [-0.4, -0.2) is 4.98 Å². The van der Waals surface area contributed by atoms with Gasteiger partial charge in [-0.1, -0.05) is 0 Å². The molecule has 60 valence electrons. The van der Waals surface area contributed by atoms with Crippen molar-refractivity contribution in [1.29, 1.82) is 0 Å². The van der Waals surface area contributed by atoms with Crippen LogP contribution < -0.4 is 4.57 Å². The highest BCUT2D eigenvalue weighted by Gasteiger charge is 2.20. The van der Waals surface area contributed by atoms with Crippen molar-refractivity contribution in [2.24, 2.45) is 0 Å². The maximum absolute atomic E-state index is 4.13. The van der Waals surface area contributed by atoms with Gasteiger partial charge in [0, 0.05) is 20.8 Å². The summed E-state index contributed by atoms with van der Waals surface area (Å²) in [5.74, 6) is 0. The van der Waals surface area contributed by atoms with Crippen LogP contribution in [0, 0.1) is 6.92 Å². The molecule has 0 saturated carbocycles. The van der Waals surface area contributed by atoms with Crippen molar-refractivity contribution in [3.05, 3.63) is 24.3 Å². The predicted molar refractivity (Wildman–Crippen MR) is 44.2 cm³/mol. The summed E-state index contributed by atoms with van der Waals surface area (Å²) in [4.78, 5) is 4.13. The van der Waals surface area contributed by atoms with Gasteiger partial charge in [0.15, 0.2) is 17.9 Å². The van der Waals surface area contributed by atoms with Crippen molar-refractivity contribution in [2.75, 3.05) is 0 Å². The molecule has 0 atom stereocenters. The van der Waals surface area contributed by atoms with Gasteiger partial charge in [-0.05, 0) is 6.92 Å². The smallest absolute Gasteiger partial charge is 0.190 e. The molecule has 1 heterocycles. The Morgan fingerprint density at radius 1 is 1.36 bits per heavy atom. The van der Waals surface area contributed by atoms with Gasteiger partial charge in [0.2, 0.25) is 0 Å². The summed E-state index contributed by atoms with van der Waals surface area (Å²) < 4.78 is 2.16. The number of nitrogens with zero attached hydrogens (tertiary/aromatic N) is 2. The minimum Gasteiger partial charge on any atom is -0.249 e. The SMILES string of the molecule is Cc1c[n+](C(C)(C)C)ccn1. The second kappa shape index (κ2) is 2.61. The highest BCUT2D eigenvalue weighted by Crippen LogP contribution is 2.02. The molecule has 1 aromatic rings. The lowest BCUT2D eigenvalue weighted by Gasteiger charge is -2.12. The first-order valence-corrected chi connectivity index (χ1v) is 3.84. The van der Waals surface area contributed by atoms with E-state index in [0.717, 1.165) is 5.69 Å². The van der Waals surface area contributed by atoms with Crippen LogP contribution in [-0.2, 0) is 5.54 Å². The van der Waals surface area contributed by atoms with Crippen LogP contribution in [0.4, 0.5) is 0 Å². The van der Waals surface area contributed by atoms with Crippen molar-refractivity contribution in [3.8, 4) is 0 Å². The van der Waals surface area contributed by atoms with Crippen LogP contribution in [0.25, 0.3) is 0 Å². The molecule has 0 aliphatic carbocycles. The second-order valence-electron chi connectivity index (χ2n) is 3.78. The number of aromatic nitrogens is 2. The molecule has 0 aliphatic rings. The molecule has 0 spiro atoms. The highest BCUT2D eigenvalue weighted by molar-refractivity contribution is 4.85. The molecule has 2 heteroatoms. The molecule has 0 bridgehead atoms. The van der Waals surface area contributed by atoms with E-state index in [9.17, 15) is 0 Å². The number of rotatable bonds is 0. The standard InChI is InChI=1S/C9H15N2/c1-8-7-11(6-5-10-8)9(2,3)4/h5-7H,1-4H3/q+1. The topological polar surface area (TPSA) is 16.8 Å². The van der Waals surface area contributed by atoms with Gasteiger partial charge in [-0.2, -0.15) is 4.57 Å². The van der Waals surface area contributed by atoms with Crippen molar-refractivity contribution in [1.82, 2.24) is 4.98 Å². The van der Waals surface area contributed by atoms with E-state index in [4.69, 9.17) is 0 Å². The lowest BCUT2D eigenvalue weighted by atomic mass is 10.1. The average molecular weight is 151 g/mol. The maximum atomic E-state index is 4.13. The maximum Gasteiger partial charge on any atom is 0.190 e. The third-order valence-electron chi connectivity index (χ3n) is 1.61. The van der Waals surface area contributed by atoms with Crippen molar-refractivity contribution < 1.29 is 4.57 Å². The molecular formula is C9H15N2+. The Morgan fingerprint density at radius 2 is 2.00 bits per heavy atom. The van der Waals surface area contributed by atoms with Gasteiger partial charge >= 0.3 is 0 Å². The molecular weight excluding hydrogens is 136 g/mol. The fourth-order valence-electron chi connectivity index (χ4n) is 0.918. The number of hydrogen-bond acceptors (Lipinski definition) is 1. The van der Waals surface area contributed by atoms with Crippen LogP contribution in [0.1, 0.15) is 26.5 Å². The van der Waals surface area contributed by atoms with E-state index in [1.54, 1.807) is 0 Å². The van der Waals surface area contributed by atoms with E-state index in [2.05, 4.69) is 36.5 Å². The van der Waals surface area contributed by atoms with Crippen LogP contribution in [0.15, 0.2) is 18.6 Å². The van der Waals surface area contributed by atoms with Crippen LogP contribution in [0.5, 0.6) is 0 Å². The zero-order valence-electron chi connectivity index (χ0n) is 7.63. The quantitative estimate of drug-likeness (QED) is 0.513. The highest BCUT2D eigenvalue weighted by atomic mass is 15.0. The summed E-state index contributed by atoms with van der Waals surface area (Å²) in [5.41, 5.74) is 1.22. The summed E-state index contributed by atoms with van der Waals surface area (Å²) in [5, 5.41) is 0. The average Bonchev–Trinajstić information content (AvgIpc) is 1.86. The summed E-state index contributed by atoms with van der Waals surface area (Å²) >= 11 is 0. The summed E-state index contributed by atoms with van der Waals surface area (Å²) in [6, 6.07) is 0. The molecule has 0 aliphatic heterocycles. The van der Waals surface area contributed by atoms with Crippen LogP contribution in [0.3, 0.4) is 0 Å². The second-order valence-corrected chi connectivity index (χ2v) is 3.78. The Morgan fingerprint density at radius 3 is 2.36 bits per heavy atom. The molecule has 0 aromatic carbocycles. The molecule has 1 rings (SSSR count). The van der Waals surface area contributed by atoms with Gasteiger partial charge in [0.1, 0.15) is 5.69 Å². The first kappa shape index (κ1) is 8.18. The van der Waals surface area contributed by atoms with Crippen molar-refractivity contribution in [2.45, 2.75) is 33.2 Å². The minimum atomic E-state index is 0.160. The van der Waals surface area contributed by atoms with Gasteiger partial charge in [0.25, 0.3) is 0 Å². The van der Waals surface area contributed by atoms with Crippen LogP contribution in [0.2, 0.25) is 0 Å². The van der Waals surface area contributed by atoms with Crippen molar-refractivity contribution >= 4 is 0 Å². The zero-order chi connectivity index (χ0) is 8.48. The zero-order valence-corrected chi connectivity index (χ0v) is 7.63. The third-order valence-corrected chi connectivity index (χ3v) is 1.61. The molecule has 11 heavy (non-hydrogen) atoms. The van der Waals surface area contributed by atoms with E-state index in [0.29, 0.717) is 0 Å². The van der Waals surface area contributed by atoms with E-state index in [1.807, 2.05) is 19.3 Å². The molecule has 0 saturated heterocycles. The Labute approximate surface area is 67.9 Å². The molecule has 2 nitrogen and oxygen atoms in total. The molecule has 0 N–H and O–H groups in total. The summed E-state index contributed by atoms with van der Waals surface area (Å²) in [6.07, 6.45) is 5.88. The lowest BCUT2D eigenvalue weighted by Crippen LogP contribution is -2.49. The van der Waals surface area contributed by atoms with E-state index in [-0.39, 0.29) is 5.54 Å².